The summed E-state index contributed by atoms with van der Waals surface area (Å²) in [6.07, 6.45) is 0.626. The van der Waals surface area contributed by atoms with E-state index in [1.165, 1.54) is 29.2 Å². The van der Waals surface area contributed by atoms with Gasteiger partial charge in [0.15, 0.2) is 5.11 Å². The molecule has 0 aliphatic carbocycles. The van der Waals surface area contributed by atoms with Gasteiger partial charge in [0, 0.05) is 22.1 Å². The highest BCUT2D eigenvalue weighted by atomic mass is 35.5. The Morgan fingerprint density at radius 2 is 1.84 bits per heavy atom. The number of carbonyl (C=O) groups excluding carboxylic acids is 2. The molecule has 32 heavy (non-hydrogen) atoms. The molecule has 4 rings (SSSR count). The molecular formula is C23H19ClFN3O2S2. The Bertz CT molecular complexity index is 1120. The van der Waals surface area contributed by atoms with Gasteiger partial charge in [-0.05, 0) is 78.6 Å². The van der Waals surface area contributed by atoms with Crippen LogP contribution in [0.1, 0.15) is 11.3 Å². The zero-order valence-electron chi connectivity index (χ0n) is 16.8. The van der Waals surface area contributed by atoms with E-state index in [4.69, 9.17) is 23.8 Å². The first-order valence-corrected chi connectivity index (χ1v) is 11.6. The van der Waals surface area contributed by atoms with E-state index in [0.29, 0.717) is 34.5 Å². The molecule has 9 heteroatoms. The van der Waals surface area contributed by atoms with E-state index in [1.807, 2.05) is 17.5 Å². The monoisotopic (exact) mass is 487 g/mol. The first kappa shape index (κ1) is 22.4. The van der Waals surface area contributed by atoms with Gasteiger partial charge in [0.2, 0.25) is 5.91 Å². The maximum Gasteiger partial charge on any atom is 0.256 e. The lowest BCUT2D eigenvalue weighted by Gasteiger charge is -2.23. The van der Waals surface area contributed by atoms with Crippen LogP contribution in [0.15, 0.2) is 66.0 Å². The van der Waals surface area contributed by atoms with Gasteiger partial charge < -0.3 is 10.2 Å². The molecule has 1 aromatic heterocycles. The highest BCUT2D eigenvalue weighted by Crippen LogP contribution is 2.28. The third-order valence-electron chi connectivity index (χ3n) is 5.09. The van der Waals surface area contributed by atoms with Crippen molar-refractivity contribution in [3.8, 4) is 0 Å². The van der Waals surface area contributed by atoms with Crippen molar-refractivity contribution in [2.45, 2.75) is 18.9 Å². The number of hydrogen-bond acceptors (Lipinski definition) is 4. The molecule has 2 amide bonds. The van der Waals surface area contributed by atoms with Crippen molar-refractivity contribution in [1.29, 1.82) is 0 Å². The van der Waals surface area contributed by atoms with Crippen LogP contribution in [-0.2, 0) is 16.0 Å². The molecule has 0 unspecified atom stereocenters. The fourth-order valence-corrected chi connectivity index (χ4v) is 4.76. The van der Waals surface area contributed by atoms with Crippen LogP contribution in [0.5, 0.6) is 0 Å². The van der Waals surface area contributed by atoms with Gasteiger partial charge in [0.1, 0.15) is 11.9 Å². The average Bonchev–Trinajstić information content (AvgIpc) is 3.36. The molecule has 0 radical (unpaired) electrons. The highest BCUT2D eigenvalue weighted by molar-refractivity contribution is 7.80. The molecule has 1 aliphatic heterocycles. The maximum atomic E-state index is 13.4. The van der Waals surface area contributed by atoms with E-state index < -0.39 is 11.9 Å². The molecule has 3 aromatic rings. The number of nitrogens with one attached hydrogen (secondary N) is 1. The molecule has 1 atom stereocenters. The van der Waals surface area contributed by atoms with E-state index in [9.17, 15) is 14.0 Å². The molecule has 1 aliphatic rings. The quantitative estimate of drug-likeness (QED) is 0.470. The number of hydrogen-bond donors (Lipinski definition) is 1. The number of thiophene rings is 1. The van der Waals surface area contributed by atoms with Crippen LogP contribution < -0.4 is 10.2 Å². The number of anilines is 2. The second-order valence-electron chi connectivity index (χ2n) is 7.23. The first-order chi connectivity index (χ1) is 15.4. The van der Waals surface area contributed by atoms with E-state index in [1.54, 1.807) is 40.5 Å². The molecule has 1 fully saturated rings. The standard InChI is InChI=1S/C23H19ClFN3O2S2/c24-15-3-7-17(8-4-15)26-21(29)14-20-22(30)28(18-9-5-16(25)6-10-18)23(31)27(20)12-11-19-2-1-13-32-19/h1-10,13,20H,11-12,14H2,(H,26,29)/t20-/m0/s1. The van der Waals surface area contributed by atoms with E-state index in [-0.39, 0.29) is 18.2 Å². The van der Waals surface area contributed by atoms with Crippen LogP contribution in [0.25, 0.3) is 0 Å². The van der Waals surface area contributed by atoms with E-state index >= 15 is 0 Å². The summed E-state index contributed by atoms with van der Waals surface area (Å²) in [5.74, 6) is -1.02. The summed E-state index contributed by atoms with van der Waals surface area (Å²) >= 11 is 13.1. The minimum atomic E-state index is -0.750. The van der Waals surface area contributed by atoms with Crippen LogP contribution >= 0.6 is 35.2 Å². The van der Waals surface area contributed by atoms with Gasteiger partial charge in [0.05, 0.1) is 12.1 Å². The molecule has 1 N–H and O–H groups in total. The Balaban J connectivity index is 1.54. The molecular weight excluding hydrogens is 469 g/mol. The molecule has 5 nitrogen and oxygen atoms in total. The fourth-order valence-electron chi connectivity index (χ4n) is 3.52. The minimum absolute atomic E-state index is 0.0657. The van der Waals surface area contributed by atoms with Crippen LogP contribution in [0.4, 0.5) is 15.8 Å². The fraction of sp³-hybridized carbons (Fsp3) is 0.174. The lowest BCUT2D eigenvalue weighted by atomic mass is 10.1. The summed E-state index contributed by atoms with van der Waals surface area (Å²) in [4.78, 5) is 30.4. The highest BCUT2D eigenvalue weighted by Gasteiger charge is 2.43. The maximum absolute atomic E-state index is 13.4. The Kier molecular flexibility index (Phi) is 6.83. The van der Waals surface area contributed by atoms with Gasteiger partial charge in [-0.15, -0.1) is 11.3 Å². The van der Waals surface area contributed by atoms with Gasteiger partial charge in [-0.2, -0.15) is 0 Å². The molecule has 2 heterocycles. The SMILES string of the molecule is O=C(C[C@H]1C(=O)N(c2ccc(F)cc2)C(=S)N1CCc1cccs1)Nc1ccc(Cl)cc1. The van der Waals surface area contributed by atoms with E-state index in [0.717, 1.165) is 4.88 Å². The van der Waals surface area contributed by atoms with Gasteiger partial charge in [-0.3, -0.25) is 14.5 Å². The summed E-state index contributed by atoms with van der Waals surface area (Å²) in [6, 6.07) is 15.6. The summed E-state index contributed by atoms with van der Waals surface area (Å²) in [7, 11) is 0. The van der Waals surface area contributed by atoms with Crippen molar-refractivity contribution in [1.82, 2.24) is 4.90 Å². The van der Waals surface area contributed by atoms with Crippen LogP contribution in [-0.4, -0.2) is 34.4 Å². The third-order valence-corrected chi connectivity index (χ3v) is 6.69. The number of nitrogens with zero attached hydrogens (tertiary/aromatic N) is 2. The normalized spacial score (nSPS) is 16.0. The summed E-state index contributed by atoms with van der Waals surface area (Å²) in [6.45, 7) is 0.488. The molecule has 0 saturated carbocycles. The van der Waals surface area contributed by atoms with Crippen molar-refractivity contribution in [2.24, 2.45) is 0 Å². The Hall–Kier alpha value is -2.81. The number of rotatable bonds is 7. The van der Waals surface area contributed by atoms with Crippen molar-refractivity contribution in [3.05, 3.63) is 81.8 Å². The minimum Gasteiger partial charge on any atom is -0.336 e. The zero-order valence-corrected chi connectivity index (χ0v) is 19.2. The number of benzene rings is 2. The Morgan fingerprint density at radius 1 is 1.12 bits per heavy atom. The third kappa shape index (κ3) is 4.98. The second-order valence-corrected chi connectivity index (χ2v) is 9.06. The summed E-state index contributed by atoms with van der Waals surface area (Å²) in [5, 5.41) is 5.66. The van der Waals surface area contributed by atoms with Crippen LogP contribution in [0.3, 0.4) is 0 Å². The smallest absolute Gasteiger partial charge is 0.256 e. The zero-order chi connectivity index (χ0) is 22.7. The van der Waals surface area contributed by atoms with Gasteiger partial charge in [-0.1, -0.05) is 17.7 Å². The number of carbonyl (C=O) groups is 2. The number of halogens is 2. The van der Waals surface area contributed by atoms with Crippen LogP contribution in [0, 0.1) is 5.82 Å². The summed E-state index contributed by atoms with van der Waals surface area (Å²) < 4.78 is 13.4. The lowest BCUT2D eigenvalue weighted by Crippen LogP contribution is -2.39. The number of amides is 2. The largest absolute Gasteiger partial charge is 0.336 e. The van der Waals surface area contributed by atoms with E-state index in [2.05, 4.69) is 5.32 Å². The Labute approximate surface area is 199 Å². The first-order valence-electron chi connectivity index (χ1n) is 9.90. The predicted octanol–water partition coefficient (Wildman–Crippen LogP) is 5.11. The van der Waals surface area contributed by atoms with Crippen molar-refractivity contribution >= 4 is 63.5 Å². The van der Waals surface area contributed by atoms with Gasteiger partial charge in [0.25, 0.3) is 5.91 Å². The molecule has 0 bridgehead atoms. The predicted molar refractivity (Wildman–Crippen MR) is 130 cm³/mol. The van der Waals surface area contributed by atoms with Crippen molar-refractivity contribution in [3.63, 3.8) is 0 Å². The Morgan fingerprint density at radius 3 is 2.50 bits per heavy atom. The molecule has 2 aromatic carbocycles. The summed E-state index contributed by atoms with van der Waals surface area (Å²) in [5.41, 5.74) is 1.07. The van der Waals surface area contributed by atoms with Gasteiger partial charge >= 0.3 is 0 Å². The van der Waals surface area contributed by atoms with Crippen LogP contribution in [0.2, 0.25) is 5.02 Å². The second kappa shape index (κ2) is 9.77. The molecule has 0 spiro atoms. The topological polar surface area (TPSA) is 52.7 Å². The van der Waals surface area contributed by atoms with Crippen molar-refractivity contribution in [2.75, 3.05) is 16.8 Å². The number of thiocarbonyl (C=S) groups is 1. The molecule has 1 saturated heterocycles. The van der Waals surface area contributed by atoms with Gasteiger partial charge in [-0.25, -0.2) is 4.39 Å². The van der Waals surface area contributed by atoms with Crippen molar-refractivity contribution < 1.29 is 14.0 Å². The lowest BCUT2D eigenvalue weighted by molar-refractivity contribution is -0.124. The molecule has 164 valence electrons. The average molecular weight is 488 g/mol.